The minimum Gasteiger partial charge on any atom is -0.334 e. The Morgan fingerprint density at radius 1 is 0.413 bits per heavy atom. The summed E-state index contributed by atoms with van der Waals surface area (Å²) in [6, 6.07) is 70.6. The van der Waals surface area contributed by atoms with Crippen LogP contribution in [0.4, 0.5) is 28.4 Å². The van der Waals surface area contributed by atoms with Gasteiger partial charge < -0.3 is 9.80 Å². The third kappa shape index (κ3) is 5.92. The minimum absolute atomic E-state index is 0.190. The van der Waals surface area contributed by atoms with Crippen LogP contribution in [0.3, 0.4) is 0 Å². The van der Waals surface area contributed by atoms with Crippen LogP contribution >= 0.6 is 11.3 Å². The zero-order valence-corrected chi connectivity index (χ0v) is 35.5. The highest BCUT2D eigenvalue weighted by atomic mass is 32.1. The first-order valence-electron chi connectivity index (χ1n) is 22.1. The number of para-hydroxylation sites is 1. The molecule has 1 aromatic heterocycles. The number of hydrogen-bond acceptors (Lipinski definition) is 3. The molecule has 13 rings (SSSR count). The van der Waals surface area contributed by atoms with E-state index in [1.54, 1.807) is 0 Å². The van der Waals surface area contributed by atoms with E-state index in [-0.39, 0.29) is 6.04 Å². The lowest BCUT2D eigenvalue weighted by atomic mass is 9.85. The van der Waals surface area contributed by atoms with E-state index in [9.17, 15) is 0 Å². The van der Waals surface area contributed by atoms with Gasteiger partial charge in [0, 0.05) is 54.0 Å². The molecule has 0 fully saturated rings. The van der Waals surface area contributed by atoms with E-state index >= 15 is 0 Å². The molecular weight excluding hydrogens is 781 g/mol. The van der Waals surface area contributed by atoms with Gasteiger partial charge in [0.2, 0.25) is 0 Å². The van der Waals surface area contributed by atoms with Crippen molar-refractivity contribution >= 4 is 103 Å². The highest BCUT2D eigenvalue weighted by Gasteiger charge is 2.24. The van der Waals surface area contributed by atoms with Crippen molar-refractivity contribution in [3.8, 4) is 11.1 Å². The summed E-state index contributed by atoms with van der Waals surface area (Å²) in [5.74, 6) is 0. The number of anilines is 5. The number of rotatable bonds is 6. The van der Waals surface area contributed by atoms with Crippen LogP contribution in [0.1, 0.15) is 17.5 Å². The topological polar surface area (TPSA) is 6.48 Å². The summed E-state index contributed by atoms with van der Waals surface area (Å²) < 4.78 is 2.63. The molecule has 298 valence electrons. The molecule has 0 saturated heterocycles. The molecule has 2 nitrogen and oxygen atoms in total. The number of nitrogens with zero attached hydrogens (tertiary/aromatic N) is 2. The summed E-state index contributed by atoms with van der Waals surface area (Å²) in [6.07, 6.45) is 12.1. The van der Waals surface area contributed by atoms with Gasteiger partial charge >= 0.3 is 0 Å². The van der Waals surface area contributed by atoms with Gasteiger partial charge in [0.25, 0.3) is 0 Å². The van der Waals surface area contributed by atoms with Gasteiger partial charge in [-0.25, -0.2) is 0 Å². The highest BCUT2D eigenvalue weighted by Crippen LogP contribution is 2.48. The molecule has 0 radical (unpaired) electrons. The van der Waals surface area contributed by atoms with Crippen molar-refractivity contribution in [2.24, 2.45) is 0 Å². The van der Waals surface area contributed by atoms with Crippen molar-refractivity contribution in [3.05, 3.63) is 223 Å². The zero-order chi connectivity index (χ0) is 41.4. The molecule has 2 aliphatic carbocycles. The van der Waals surface area contributed by atoms with Gasteiger partial charge in [-0.2, -0.15) is 0 Å². The van der Waals surface area contributed by atoms with Crippen molar-refractivity contribution in [1.29, 1.82) is 0 Å². The van der Waals surface area contributed by atoms with Gasteiger partial charge in [0.15, 0.2) is 0 Å². The molecule has 1 unspecified atom stereocenters. The lowest BCUT2D eigenvalue weighted by Gasteiger charge is -2.33. The van der Waals surface area contributed by atoms with Crippen molar-refractivity contribution in [2.45, 2.75) is 25.3 Å². The van der Waals surface area contributed by atoms with Gasteiger partial charge in [-0.05, 0) is 140 Å². The van der Waals surface area contributed by atoms with E-state index in [1.165, 1.54) is 103 Å². The summed E-state index contributed by atoms with van der Waals surface area (Å²) >= 11 is 1.92. The molecular formula is C60H42N2S. The van der Waals surface area contributed by atoms with Gasteiger partial charge in [0.1, 0.15) is 0 Å². The lowest BCUT2D eigenvalue weighted by molar-refractivity contribution is 0.786. The summed E-state index contributed by atoms with van der Waals surface area (Å²) in [6.45, 7) is 0. The molecule has 0 spiro atoms. The molecule has 0 aliphatic heterocycles. The molecule has 0 bridgehead atoms. The van der Waals surface area contributed by atoms with Crippen LogP contribution in [0.15, 0.2) is 212 Å². The van der Waals surface area contributed by atoms with E-state index in [2.05, 4.69) is 222 Å². The molecule has 3 heteroatoms. The van der Waals surface area contributed by atoms with Crippen LogP contribution in [-0.4, -0.2) is 6.04 Å². The Labute approximate surface area is 370 Å². The van der Waals surface area contributed by atoms with Crippen LogP contribution < -0.4 is 9.80 Å². The number of hydrogen-bond donors (Lipinski definition) is 0. The number of fused-ring (bicyclic) bond motifs is 14. The van der Waals surface area contributed by atoms with E-state index < -0.39 is 0 Å². The Kier molecular flexibility index (Phi) is 8.38. The zero-order valence-electron chi connectivity index (χ0n) is 34.7. The van der Waals surface area contributed by atoms with Crippen LogP contribution in [-0.2, 0) is 12.8 Å². The Morgan fingerprint density at radius 3 is 1.92 bits per heavy atom. The predicted molar refractivity (Wildman–Crippen MR) is 272 cm³/mol. The number of aryl methyl sites for hydroxylation is 2. The second kappa shape index (κ2) is 14.6. The third-order valence-corrected chi connectivity index (χ3v) is 14.8. The van der Waals surface area contributed by atoms with Crippen LogP contribution in [0.2, 0.25) is 0 Å². The number of thiophene rings is 1. The molecule has 2 aliphatic rings. The maximum Gasteiger partial charge on any atom is 0.0559 e. The average Bonchev–Trinajstić information content (AvgIpc) is 3.74. The van der Waals surface area contributed by atoms with E-state index in [1.807, 2.05) is 11.3 Å². The van der Waals surface area contributed by atoms with Gasteiger partial charge in [-0.3, -0.25) is 0 Å². The molecule has 63 heavy (non-hydrogen) atoms. The maximum absolute atomic E-state index is 2.55. The Balaban J connectivity index is 0.981. The summed E-state index contributed by atoms with van der Waals surface area (Å²) in [5, 5.41) is 12.9. The predicted octanol–water partition coefficient (Wildman–Crippen LogP) is 16.9. The first-order valence-corrected chi connectivity index (χ1v) is 23.0. The van der Waals surface area contributed by atoms with E-state index in [0.717, 1.165) is 30.6 Å². The first-order chi connectivity index (χ1) is 31.2. The normalized spacial score (nSPS) is 14.5. The quantitative estimate of drug-likeness (QED) is 0.154. The van der Waals surface area contributed by atoms with Gasteiger partial charge in [-0.15, -0.1) is 11.3 Å². The molecule has 11 aromatic rings. The molecule has 10 aromatic carbocycles. The smallest absolute Gasteiger partial charge is 0.0559 e. The molecule has 0 N–H and O–H groups in total. The fourth-order valence-corrected chi connectivity index (χ4v) is 11.9. The summed E-state index contributed by atoms with van der Waals surface area (Å²) in [4.78, 5) is 4.98. The number of benzene rings is 10. The number of allylic oxidation sites excluding steroid dienone is 2. The Bertz CT molecular complexity index is 3690. The van der Waals surface area contributed by atoms with Crippen molar-refractivity contribution in [1.82, 2.24) is 0 Å². The Morgan fingerprint density at radius 2 is 1.06 bits per heavy atom. The van der Waals surface area contributed by atoms with E-state index in [4.69, 9.17) is 0 Å². The monoisotopic (exact) mass is 822 g/mol. The summed E-state index contributed by atoms with van der Waals surface area (Å²) in [7, 11) is 0. The molecule has 1 heterocycles. The lowest BCUT2D eigenvalue weighted by Crippen LogP contribution is -2.29. The van der Waals surface area contributed by atoms with Crippen LogP contribution in [0, 0.1) is 0 Å². The van der Waals surface area contributed by atoms with Crippen LogP contribution in [0.5, 0.6) is 0 Å². The SMILES string of the molecule is C1=CCC(N(c2ccc3ccc4ccccc4c3c2)c2ccc3c(c2)c2ccccc2c2c4ccc(N(c5ccccc5)c5ccc6c(c5)-c5ccccc5CC6)cc4sc32)C=C1. The van der Waals surface area contributed by atoms with Crippen molar-refractivity contribution < 1.29 is 0 Å². The van der Waals surface area contributed by atoms with E-state index in [0.29, 0.717) is 0 Å². The first kappa shape index (κ1) is 36.2. The van der Waals surface area contributed by atoms with Crippen LogP contribution in [0.25, 0.3) is 74.4 Å². The fourth-order valence-electron chi connectivity index (χ4n) is 10.6. The second-order valence-corrected chi connectivity index (χ2v) is 18.2. The van der Waals surface area contributed by atoms with Gasteiger partial charge in [-0.1, -0.05) is 152 Å². The Hall–Kier alpha value is -7.46. The van der Waals surface area contributed by atoms with Crippen molar-refractivity contribution in [2.75, 3.05) is 9.80 Å². The summed E-state index contributed by atoms with van der Waals surface area (Å²) in [5.41, 5.74) is 11.5. The molecule has 0 saturated carbocycles. The second-order valence-electron chi connectivity index (χ2n) is 17.1. The maximum atomic E-state index is 2.55. The standard InChI is InChI=1S/C60H42N2S/c1-3-15-43(16-4-1)61(45-29-27-41-25-23-39-13-7-9-19-49(39)55(41)35-45)47-31-33-53-57(37-47)51-21-11-12-22-52(51)59-54-34-32-48(38-58(54)63-60(53)59)62(44-17-5-2-6-18-44)46-30-28-42-26-24-40-14-8-10-20-50(40)56(42)36-46/h1-15,17-23,25,27-38,43H,16,24,26H2. The molecule has 1 atom stereocenters. The minimum atomic E-state index is 0.190. The largest absolute Gasteiger partial charge is 0.334 e. The average molecular weight is 823 g/mol. The van der Waals surface area contributed by atoms with Crippen molar-refractivity contribution in [3.63, 3.8) is 0 Å². The van der Waals surface area contributed by atoms with Gasteiger partial charge in [0.05, 0.1) is 6.04 Å². The molecule has 0 amide bonds. The third-order valence-electron chi connectivity index (χ3n) is 13.6. The fraction of sp³-hybridized carbons (Fsp3) is 0.0667. The highest BCUT2D eigenvalue weighted by molar-refractivity contribution is 7.27.